The number of carboxylic acid groups (broad SMARTS) is 1. The van der Waals surface area contributed by atoms with Crippen LogP contribution in [0.15, 0.2) is 17.5 Å². The Hall–Kier alpha value is -0.870. The largest absolute Gasteiger partial charge is 0.481 e. The molecule has 0 saturated heterocycles. The Morgan fingerprint density at radius 2 is 2.54 bits per heavy atom. The average molecular weight is 199 g/mol. The van der Waals surface area contributed by atoms with E-state index in [0.717, 1.165) is 4.88 Å². The maximum atomic E-state index is 10.6. The SMILES string of the molecule is CNCC(CC(=O)O)c1cccs1. The molecular weight excluding hydrogens is 186 g/mol. The first kappa shape index (κ1) is 10.2. The van der Waals surface area contributed by atoms with Crippen molar-refractivity contribution in [3.8, 4) is 0 Å². The first-order valence-electron chi connectivity index (χ1n) is 4.14. The van der Waals surface area contributed by atoms with Crippen LogP contribution in [0, 0.1) is 0 Å². The van der Waals surface area contributed by atoms with Crippen LogP contribution in [0.3, 0.4) is 0 Å². The molecular formula is C9H13NO2S. The molecule has 13 heavy (non-hydrogen) atoms. The van der Waals surface area contributed by atoms with Gasteiger partial charge in [-0.3, -0.25) is 4.79 Å². The van der Waals surface area contributed by atoms with Crippen molar-refractivity contribution in [1.82, 2.24) is 5.32 Å². The monoisotopic (exact) mass is 199 g/mol. The molecule has 1 aromatic heterocycles. The average Bonchev–Trinajstić information content (AvgIpc) is 2.54. The van der Waals surface area contributed by atoms with Crippen LogP contribution in [0.4, 0.5) is 0 Å². The lowest BCUT2D eigenvalue weighted by molar-refractivity contribution is -0.137. The summed E-state index contributed by atoms with van der Waals surface area (Å²) in [6.07, 6.45) is 0.196. The van der Waals surface area contributed by atoms with Gasteiger partial charge in [-0.15, -0.1) is 11.3 Å². The van der Waals surface area contributed by atoms with Crippen molar-refractivity contribution >= 4 is 17.3 Å². The molecule has 1 heterocycles. The van der Waals surface area contributed by atoms with E-state index in [0.29, 0.717) is 6.54 Å². The second kappa shape index (κ2) is 4.99. The van der Waals surface area contributed by atoms with E-state index in [9.17, 15) is 4.79 Å². The number of aliphatic carboxylic acids is 1. The molecule has 3 nitrogen and oxygen atoms in total. The highest BCUT2D eigenvalue weighted by Gasteiger charge is 2.15. The summed E-state index contributed by atoms with van der Waals surface area (Å²) in [4.78, 5) is 11.7. The van der Waals surface area contributed by atoms with Gasteiger partial charge in [-0.25, -0.2) is 0 Å². The third-order valence-corrected chi connectivity index (χ3v) is 2.85. The smallest absolute Gasteiger partial charge is 0.304 e. The van der Waals surface area contributed by atoms with Crippen molar-refractivity contribution in [2.75, 3.05) is 13.6 Å². The van der Waals surface area contributed by atoms with Crippen LogP contribution < -0.4 is 5.32 Å². The summed E-state index contributed by atoms with van der Waals surface area (Å²) in [5.41, 5.74) is 0. The molecule has 0 amide bonds. The van der Waals surface area contributed by atoms with Crippen molar-refractivity contribution in [1.29, 1.82) is 0 Å². The van der Waals surface area contributed by atoms with E-state index in [2.05, 4.69) is 5.32 Å². The summed E-state index contributed by atoms with van der Waals surface area (Å²) in [5, 5.41) is 13.7. The third-order valence-electron chi connectivity index (χ3n) is 1.82. The van der Waals surface area contributed by atoms with E-state index in [4.69, 9.17) is 5.11 Å². The topological polar surface area (TPSA) is 49.3 Å². The van der Waals surface area contributed by atoms with Crippen LogP contribution in [0.5, 0.6) is 0 Å². The Morgan fingerprint density at radius 1 is 1.77 bits per heavy atom. The zero-order valence-electron chi connectivity index (χ0n) is 7.49. The Bertz CT molecular complexity index is 259. The van der Waals surface area contributed by atoms with E-state index < -0.39 is 5.97 Å². The normalized spacial score (nSPS) is 12.7. The molecule has 0 fully saturated rings. The minimum atomic E-state index is -0.742. The van der Waals surface area contributed by atoms with Gasteiger partial charge >= 0.3 is 5.97 Å². The first-order chi connectivity index (χ1) is 6.24. The predicted molar refractivity (Wildman–Crippen MR) is 53.2 cm³/mol. The molecule has 1 aromatic rings. The molecule has 2 N–H and O–H groups in total. The lowest BCUT2D eigenvalue weighted by Gasteiger charge is -2.11. The van der Waals surface area contributed by atoms with Crippen molar-refractivity contribution in [3.63, 3.8) is 0 Å². The number of likely N-dealkylation sites (N-methyl/N-ethyl adjacent to an activating group) is 1. The number of thiophene rings is 1. The van der Waals surface area contributed by atoms with Gasteiger partial charge in [-0.2, -0.15) is 0 Å². The van der Waals surface area contributed by atoms with Gasteiger partial charge in [0.05, 0.1) is 6.42 Å². The van der Waals surface area contributed by atoms with Gasteiger partial charge in [0, 0.05) is 17.3 Å². The summed E-state index contributed by atoms with van der Waals surface area (Å²) in [6.45, 7) is 0.715. The van der Waals surface area contributed by atoms with Crippen LogP contribution in [-0.4, -0.2) is 24.7 Å². The molecule has 0 bridgehead atoms. The molecule has 1 atom stereocenters. The quantitative estimate of drug-likeness (QED) is 0.756. The Morgan fingerprint density at radius 3 is 3.00 bits per heavy atom. The fourth-order valence-electron chi connectivity index (χ4n) is 1.25. The molecule has 0 aromatic carbocycles. The Labute approximate surface area is 81.4 Å². The van der Waals surface area contributed by atoms with Crippen LogP contribution in [0.1, 0.15) is 17.2 Å². The van der Waals surface area contributed by atoms with Crippen LogP contribution in [0.2, 0.25) is 0 Å². The summed E-state index contributed by atoms with van der Waals surface area (Å²) in [6, 6.07) is 3.93. The summed E-state index contributed by atoms with van der Waals surface area (Å²) in [5.74, 6) is -0.642. The van der Waals surface area contributed by atoms with Crippen LogP contribution >= 0.6 is 11.3 Å². The lowest BCUT2D eigenvalue weighted by Crippen LogP contribution is -2.19. The van der Waals surface area contributed by atoms with E-state index in [1.807, 2.05) is 24.6 Å². The lowest BCUT2D eigenvalue weighted by atomic mass is 10.0. The van der Waals surface area contributed by atoms with E-state index in [1.54, 1.807) is 11.3 Å². The molecule has 4 heteroatoms. The fraction of sp³-hybridized carbons (Fsp3) is 0.444. The summed E-state index contributed by atoms with van der Waals surface area (Å²) < 4.78 is 0. The molecule has 0 aliphatic carbocycles. The van der Waals surface area contributed by atoms with Crippen molar-refractivity contribution < 1.29 is 9.90 Å². The minimum absolute atomic E-state index is 0.0995. The molecule has 1 unspecified atom stereocenters. The highest BCUT2D eigenvalue weighted by Crippen LogP contribution is 2.23. The van der Waals surface area contributed by atoms with Gasteiger partial charge in [0.15, 0.2) is 0 Å². The minimum Gasteiger partial charge on any atom is -0.481 e. The zero-order chi connectivity index (χ0) is 9.68. The van der Waals surface area contributed by atoms with E-state index >= 15 is 0 Å². The number of carbonyl (C=O) groups is 1. The maximum absolute atomic E-state index is 10.6. The van der Waals surface area contributed by atoms with E-state index in [1.165, 1.54) is 0 Å². The van der Waals surface area contributed by atoms with Crippen LogP contribution in [0.25, 0.3) is 0 Å². The van der Waals surface area contributed by atoms with Gasteiger partial charge in [0.25, 0.3) is 0 Å². The molecule has 1 rings (SSSR count). The highest BCUT2D eigenvalue weighted by molar-refractivity contribution is 7.10. The van der Waals surface area contributed by atoms with Gasteiger partial charge in [0.1, 0.15) is 0 Å². The van der Waals surface area contributed by atoms with Crippen molar-refractivity contribution in [2.45, 2.75) is 12.3 Å². The number of nitrogens with one attached hydrogen (secondary N) is 1. The Balaban J connectivity index is 2.62. The van der Waals surface area contributed by atoms with Crippen molar-refractivity contribution in [3.05, 3.63) is 22.4 Å². The highest BCUT2D eigenvalue weighted by atomic mass is 32.1. The Kier molecular flexibility index (Phi) is 3.92. The second-order valence-corrected chi connectivity index (χ2v) is 3.85. The van der Waals surface area contributed by atoms with E-state index in [-0.39, 0.29) is 12.3 Å². The van der Waals surface area contributed by atoms with Crippen LogP contribution in [-0.2, 0) is 4.79 Å². The maximum Gasteiger partial charge on any atom is 0.304 e. The molecule has 0 aliphatic rings. The fourth-order valence-corrected chi connectivity index (χ4v) is 2.08. The first-order valence-corrected chi connectivity index (χ1v) is 5.01. The number of rotatable bonds is 5. The van der Waals surface area contributed by atoms with Gasteiger partial charge in [0.2, 0.25) is 0 Å². The molecule has 0 radical (unpaired) electrons. The molecule has 0 spiro atoms. The van der Waals surface area contributed by atoms with Gasteiger partial charge < -0.3 is 10.4 Å². The molecule has 0 aliphatic heterocycles. The third kappa shape index (κ3) is 3.16. The summed E-state index contributed by atoms with van der Waals surface area (Å²) >= 11 is 1.61. The number of carboxylic acids is 1. The van der Waals surface area contributed by atoms with Gasteiger partial charge in [-0.1, -0.05) is 6.07 Å². The molecule has 0 saturated carbocycles. The zero-order valence-corrected chi connectivity index (χ0v) is 8.30. The standard InChI is InChI=1S/C9H13NO2S/c1-10-6-7(5-9(11)12)8-3-2-4-13-8/h2-4,7,10H,5-6H2,1H3,(H,11,12). The van der Waals surface area contributed by atoms with Crippen molar-refractivity contribution in [2.24, 2.45) is 0 Å². The molecule has 72 valence electrons. The number of hydrogen-bond donors (Lipinski definition) is 2. The summed E-state index contributed by atoms with van der Waals surface area (Å²) in [7, 11) is 1.84. The second-order valence-electron chi connectivity index (χ2n) is 2.87. The van der Waals surface area contributed by atoms with Gasteiger partial charge in [-0.05, 0) is 18.5 Å². The predicted octanol–water partition coefficient (Wildman–Crippen LogP) is 1.53. The number of hydrogen-bond acceptors (Lipinski definition) is 3.